The largest absolute Gasteiger partial charge is 0.435 e. The van der Waals surface area contributed by atoms with Gasteiger partial charge in [-0.05, 0) is 42.3 Å². The smallest absolute Gasteiger partial charge is 0.245 e. The molecule has 3 aromatic rings. The first-order valence-electron chi connectivity index (χ1n) is 6.48. The summed E-state index contributed by atoms with van der Waals surface area (Å²) in [5, 5.41) is 12.4. The summed E-state index contributed by atoms with van der Waals surface area (Å²) in [5.41, 5.74) is 3.53. The maximum absolute atomic E-state index is 12.9. The molecule has 0 aliphatic carbocycles. The predicted octanol–water partition coefficient (Wildman–Crippen LogP) is 3.70. The van der Waals surface area contributed by atoms with Crippen LogP contribution in [0.25, 0.3) is 11.1 Å². The second-order valence-corrected chi connectivity index (χ2v) is 4.84. The Labute approximate surface area is 120 Å². The molecular formula is C16H13FN2O2. The highest BCUT2D eigenvalue weighted by atomic mass is 19.1. The van der Waals surface area contributed by atoms with Crippen LogP contribution in [0.3, 0.4) is 0 Å². The number of hydrogen-bond donors (Lipinski definition) is 1. The molecular weight excluding hydrogens is 271 g/mol. The van der Waals surface area contributed by atoms with Crippen molar-refractivity contribution in [3.05, 3.63) is 65.3 Å². The van der Waals surface area contributed by atoms with Crippen LogP contribution in [0, 0.1) is 12.7 Å². The maximum Gasteiger partial charge on any atom is 0.245 e. The molecule has 0 spiro atoms. The van der Waals surface area contributed by atoms with Gasteiger partial charge in [0, 0.05) is 6.42 Å². The number of aryl methyl sites for hydroxylation is 1. The molecule has 0 atom stereocenters. The number of oxazole rings is 1. The van der Waals surface area contributed by atoms with Crippen molar-refractivity contribution < 1.29 is 14.0 Å². The van der Waals surface area contributed by atoms with E-state index in [1.807, 2.05) is 25.1 Å². The Hall–Kier alpha value is -2.69. The van der Waals surface area contributed by atoms with E-state index in [0.717, 1.165) is 11.1 Å². The van der Waals surface area contributed by atoms with Crippen LogP contribution in [-0.4, -0.2) is 15.9 Å². The number of aromatic nitrogens is 1. The Balaban J connectivity index is 1.93. The van der Waals surface area contributed by atoms with Gasteiger partial charge in [0.15, 0.2) is 5.58 Å². The number of fused-ring (bicyclic) bond motifs is 1. The van der Waals surface area contributed by atoms with Crippen LogP contribution in [0.4, 0.5) is 4.39 Å². The molecule has 0 bridgehead atoms. The van der Waals surface area contributed by atoms with Gasteiger partial charge in [-0.25, -0.2) is 9.37 Å². The zero-order chi connectivity index (χ0) is 14.8. The summed E-state index contributed by atoms with van der Waals surface area (Å²) < 4.78 is 18.5. The molecule has 106 valence electrons. The summed E-state index contributed by atoms with van der Waals surface area (Å²) in [7, 11) is 0. The van der Waals surface area contributed by atoms with Gasteiger partial charge in [-0.15, -0.1) is 0 Å². The number of oxime groups is 1. The van der Waals surface area contributed by atoms with Crippen LogP contribution in [0.15, 0.2) is 52.0 Å². The van der Waals surface area contributed by atoms with E-state index in [9.17, 15) is 9.60 Å². The van der Waals surface area contributed by atoms with Gasteiger partial charge in [0.1, 0.15) is 17.0 Å². The van der Waals surface area contributed by atoms with Crippen molar-refractivity contribution in [3.8, 4) is 0 Å². The molecule has 0 aliphatic rings. The van der Waals surface area contributed by atoms with E-state index in [1.165, 1.54) is 12.1 Å². The molecule has 4 nitrogen and oxygen atoms in total. The molecule has 1 aromatic heterocycles. The number of benzene rings is 2. The van der Waals surface area contributed by atoms with E-state index in [4.69, 9.17) is 4.42 Å². The average molecular weight is 284 g/mol. The fourth-order valence-corrected chi connectivity index (χ4v) is 2.11. The summed E-state index contributed by atoms with van der Waals surface area (Å²) in [4.78, 5) is 4.33. The molecule has 1 N–H and O–H groups in total. The monoisotopic (exact) mass is 284 g/mol. The summed E-state index contributed by atoms with van der Waals surface area (Å²) in [5.74, 6) is -0.0407. The fourth-order valence-electron chi connectivity index (χ4n) is 2.11. The first kappa shape index (κ1) is 13.3. The van der Waals surface area contributed by atoms with Crippen molar-refractivity contribution in [3.63, 3.8) is 0 Å². The second-order valence-electron chi connectivity index (χ2n) is 4.84. The molecule has 21 heavy (non-hydrogen) atoms. The van der Waals surface area contributed by atoms with Gasteiger partial charge < -0.3 is 9.62 Å². The highest BCUT2D eigenvalue weighted by Gasteiger charge is 2.14. The second kappa shape index (κ2) is 5.36. The molecule has 0 aliphatic heterocycles. The van der Waals surface area contributed by atoms with Crippen LogP contribution in [0.1, 0.15) is 17.0 Å². The van der Waals surface area contributed by atoms with Crippen molar-refractivity contribution in [2.24, 2.45) is 5.16 Å². The lowest BCUT2D eigenvalue weighted by atomic mass is 10.1. The standard InChI is InChI=1S/C16H13FN2O2/c1-10-2-7-15-13(8-10)18-16(21-15)14(19-20)9-11-3-5-12(17)6-4-11/h2-8,20H,9H2,1H3/b19-14+. The van der Waals surface area contributed by atoms with Gasteiger partial charge in [0.2, 0.25) is 5.89 Å². The number of hydrogen-bond acceptors (Lipinski definition) is 4. The third-order valence-electron chi connectivity index (χ3n) is 3.20. The highest BCUT2D eigenvalue weighted by molar-refractivity contribution is 5.99. The van der Waals surface area contributed by atoms with Crippen LogP contribution < -0.4 is 0 Å². The quantitative estimate of drug-likeness (QED) is 0.453. The van der Waals surface area contributed by atoms with Crippen molar-refractivity contribution >= 4 is 16.8 Å². The predicted molar refractivity (Wildman–Crippen MR) is 77.2 cm³/mol. The SMILES string of the molecule is Cc1ccc2oc(/C(Cc3ccc(F)cc3)=N/O)nc2c1. The number of halogens is 1. The summed E-state index contributed by atoms with van der Waals surface area (Å²) >= 11 is 0. The first-order valence-corrected chi connectivity index (χ1v) is 6.48. The lowest BCUT2D eigenvalue weighted by Gasteiger charge is -2.00. The van der Waals surface area contributed by atoms with Crippen molar-refractivity contribution in [1.29, 1.82) is 0 Å². The van der Waals surface area contributed by atoms with Crippen molar-refractivity contribution in [2.75, 3.05) is 0 Å². The Morgan fingerprint density at radius 3 is 2.71 bits per heavy atom. The lowest BCUT2D eigenvalue weighted by Crippen LogP contribution is -2.05. The molecule has 1 heterocycles. The summed E-state index contributed by atoms with van der Waals surface area (Å²) in [6.45, 7) is 1.97. The molecule has 0 unspecified atom stereocenters. The van der Waals surface area contributed by atoms with E-state index in [-0.39, 0.29) is 11.7 Å². The van der Waals surface area contributed by atoms with E-state index in [1.54, 1.807) is 12.1 Å². The highest BCUT2D eigenvalue weighted by Crippen LogP contribution is 2.18. The number of nitrogens with zero attached hydrogens (tertiary/aromatic N) is 2. The molecule has 0 amide bonds. The Bertz CT molecular complexity index is 807. The van der Waals surface area contributed by atoms with E-state index in [0.29, 0.717) is 23.2 Å². The molecule has 5 heteroatoms. The third-order valence-corrected chi connectivity index (χ3v) is 3.20. The van der Waals surface area contributed by atoms with Crippen LogP contribution in [0.2, 0.25) is 0 Å². The normalized spacial score (nSPS) is 12.0. The van der Waals surface area contributed by atoms with Gasteiger partial charge in [-0.1, -0.05) is 23.4 Å². The molecule has 3 rings (SSSR count). The zero-order valence-corrected chi connectivity index (χ0v) is 11.4. The van der Waals surface area contributed by atoms with Gasteiger partial charge >= 0.3 is 0 Å². The minimum atomic E-state index is -0.307. The summed E-state index contributed by atoms with van der Waals surface area (Å²) in [6, 6.07) is 11.6. The van der Waals surface area contributed by atoms with E-state index in [2.05, 4.69) is 10.1 Å². The topological polar surface area (TPSA) is 58.6 Å². The molecule has 0 radical (unpaired) electrons. The van der Waals surface area contributed by atoms with Gasteiger partial charge in [0.05, 0.1) is 0 Å². The van der Waals surface area contributed by atoms with Crippen LogP contribution in [0.5, 0.6) is 0 Å². The average Bonchev–Trinajstić information content (AvgIpc) is 2.89. The van der Waals surface area contributed by atoms with Crippen molar-refractivity contribution in [2.45, 2.75) is 13.3 Å². The third kappa shape index (κ3) is 2.76. The van der Waals surface area contributed by atoms with Gasteiger partial charge in [0.25, 0.3) is 0 Å². The minimum Gasteiger partial charge on any atom is -0.435 e. The van der Waals surface area contributed by atoms with Gasteiger partial charge in [-0.2, -0.15) is 0 Å². The van der Waals surface area contributed by atoms with Crippen molar-refractivity contribution in [1.82, 2.24) is 4.98 Å². The first-order chi connectivity index (χ1) is 10.2. The minimum absolute atomic E-state index is 0.266. The van der Waals surface area contributed by atoms with Gasteiger partial charge in [-0.3, -0.25) is 0 Å². The Morgan fingerprint density at radius 2 is 2.00 bits per heavy atom. The Kier molecular flexibility index (Phi) is 3.39. The van der Waals surface area contributed by atoms with Crippen LogP contribution in [-0.2, 0) is 6.42 Å². The lowest BCUT2D eigenvalue weighted by molar-refractivity contribution is 0.317. The molecule has 0 fully saturated rings. The van der Waals surface area contributed by atoms with E-state index >= 15 is 0 Å². The Morgan fingerprint density at radius 1 is 1.24 bits per heavy atom. The molecule has 0 saturated heterocycles. The van der Waals surface area contributed by atoms with E-state index < -0.39 is 0 Å². The van der Waals surface area contributed by atoms with Crippen LogP contribution >= 0.6 is 0 Å². The maximum atomic E-state index is 12.9. The molecule has 0 saturated carbocycles. The molecule has 2 aromatic carbocycles. The number of rotatable bonds is 3. The summed E-state index contributed by atoms with van der Waals surface area (Å²) in [6.07, 6.45) is 0.308. The zero-order valence-electron chi connectivity index (χ0n) is 11.4. The fraction of sp³-hybridized carbons (Fsp3) is 0.125.